The molecule has 0 saturated carbocycles. The normalized spacial score (nSPS) is 25.0. The largest absolute Gasteiger partial charge is 0.493 e. The van der Waals surface area contributed by atoms with Crippen LogP contribution < -0.4 is 15.8 Å². The molecule has 3 rings (SSSR count). The molecule has 3 N–H and O–H groups in total. The highest BCUT2D eigenvalue weighted by Gasteiger charge is 2.65. The molecule has 0 unspecified atom stereocenters. The number of nitrogens with zero attached hydrogens (tertiary/aromatic N) is 1. The summed E-state index contributed by atoms with van der Waals surface area (Å²) in [5.41, 5.74) is 2.15. The van der Waals surface area contributed by atoms with Crippen molar-refractivity contribution in [2.24, 2.45) is 11.7 Å². The number of ether oxygens (including phenoxy) is 2. The highest BCUT2D eigenvalue weighted by Crippen LogP contribution is 2.54. The molecule has 1 aromatic heterocycles. The predicted molar refractivity (Wildman–Crippen MR) is 106 cm³/mol. The maximum Gasteiger partial charge on any atom is 0.417 e. The van der Waals surface area contributed by atoms with Crippen molar-refractivity contribution in [3.05, 3.63) is 53.4 Å². The second kappa shape index (κ2) is 8.58. The van der Waals surface area contributed by atoms with Gasteiger partial charge in [0, 0.05) is 23.6 Å². The topological polar surface area (TPSA) is 104 Å². The molecular weight excluding hydrogens is 453 g/mol. The van der Waals surface area contributed by atoms with Gasteiger partial charge in [-0.05, 0) is 19.1 Å². The number of aromatic nitrogens is 1. The minimum atomic E-state index is -4.89. The zero-order valence-electron chi connectivity index (χ0n) is 17.7. The van der Waals surface area contributed by atoms with Crippen molar-refractivity contribution in [2.75, 3.05) is 12.4 Å². The number of hydrogen-bond donors (Lipinski definition) is 2. The first-order valence-electron chi connectivity index (χ1n) is 9.64. The lowest BCUT2D eigenvalue weighted by atomic mass is 9.77. The fourth-order valence-corrected chi connectivity index (χ4v) is 3.90. The average molecular weight is 473 g/mol. The molecule has 1 aromatic carbocycles. The Bertz CT molecular complexity index is 1090. The number of anilines is 1. The highest BCUT2D eigenvalue weighted by atomic mass is 19.4. The summed E-state index contributed by atoms with van der Waals surface area (Å²) < 4.78 is 80.0. The van der Waals surface area contributed by atoms with Crippen LogP contribution >= 0.6 is 0 Å². The molecule has 1 saturated heterocycles. The van der Waals surface area contributed by atoms with Crippen LogP contribution in [0.2, 0.25) is 0 Å². The zero-order valence-corrected chi connectivity index (χ0v) is 17.7. The van der Waals surface area contributed by atoms with Crippen molar-refractivity contribution in [2.45, 2.75) is 37.6 Å². The number of halogens is 5. The van der Waals surface area contributed by atoms with Gasteiger partial charge in [0.1, 0.15) is 6.10 Å². The summed E-state index contributed by atoms with van der Waals surface area (Å²) >= 11 is 0. The number of nitrogens with one attached hydrogen (secondary N) is 1. The van der Waals surface area contributed by atoms with Gasteiger partial charge in [-0.15, -0.1) is 0 Å². The monoisotopic (exact) mass is 473 g/mol. The Morgan fingerprint density at radius 1 is 1.24 bits per heavy atom. The molecule has 4 atom stereocenters. The molecule has 0 aliphatic carbocycles. The molecular formula is C21H20F5N3O4. The van der Waals surface area contributed by atoms with Crippen LogP contribution in [0.15, 0.2) is 30.6 Å². The van der Waals surface area contributed by atoms with Gasteiger partial charge >= 0.3 is 6.18 Å². The van der Waals surface area contributed by atoms with E-state index in [2.05, 4.69) is 10.3 Å². The molecule has 0 radical (unpaired) electrons. The molecule has 12 heteroatoms. The quantitative estimate of drug-likeness (QED) is 0.647. The van der Waals surface area contributed by atoms with Gasteiger partial charge in [0.2, 0.25) is 11.7 Å². The number of hydrogen-bond acceptors (Lipinski definition) is 5. The fourth-order valence-electron chi connectivity index (χ4n) is 3.90. The van der Waals surface area contributed by atoms with Crippen molar-refractivity contribution in [3.63, 3.8) is 0 Å². The van der Waals surface area contributed by atoms with E-state index in [0.29, 0.717) is 0 Å². The number of carbonyl (C=O) groups excluding carboxylic acids is 2. The molecule has 2 aromatic rings. The maximum absolute atomic E-state index is 14.3. The molecule has 2 amide bonds. The van der Waals surface area contributed by atoms with Crippen molar-refractivity contribution in [1.82, 2.24) is 4.98 Å². The van der Waals surface area contributed by atoms with Crippen molar-refractivity contribution < 1.29 is 41.0 Å². The molecule has 178 valence electrons. The van der Waals surface area contributed by atoms with Gasteiger partial charge < -0.3 is 20.5 Å². The van der Waals surface area contributed by atoms with Crippen molar-refractivity contribution >= 4 is 17.5 Å². The molecule has 0 spiro atoms. The minimum Gasteiger partial charge on any atom is -0.493 e. The number of pyridine rings is 1. The van der Waals surface area contributed by atoms with E-state index in [1.165, 1.54) is 13.0 Å². The lowest BCUT2D eigenvalue weighted by molar-refractivity contribution is -0.272. The van der Waals surface area contributed by atoms with Gasteiger partial charge in [0.15, 0.2) is 17.2 Å². The third kappa shape index (κ3) is 4.22. The second-order valence-corrected chi connectivity index (χ2v) is 7.76. The summed E-state index contributed by atoms with van der Waals surface area (Å²) in [7, 11) is 1.03. The van der Waals surface area contributed by atoms with Crippen molar-refractivity contribution in [3.8, 4) is 5.75 Å². The number of benzene rings is 1. The number of alkyl halides is 3. The minimum absolute atomic E-state index is 0.0239. The van der Waals surface area contributed by atoms with E-state index < -0.39 is 58.9 Å². The van der Waals surface area contributed by atoms with Crippen LogP contribution in [-0.4, -0.2) is 41.8 Å². The van der Waals surface area contributed by atoms with Gasteiger partial charge in [-0.1, -0.05) is 13.0 Å². The van der Waals surface area contributed by atoms with Crippen LogP contribution in [0.5, 0.6) is 5.75 Å². The highest BCUT2D eigenvalue weighted by molar-refractivity contribution is 5.97. The maximum atomic E-state index is 14.3. The van der Waals surface area contributed by atoms with Crippen molar-refractivity contribution in [1.29, 1.82) is 0 Å². The third-order valence-corrected chi connectivity index (χ3v) is 5.86. The van der Waals surface area contributed by atoms with Gasteiger partial charge in [0.25, 0.3) is 5.91 Å². The summed E-state index contributed by atoms with van der Waals surface area (Å²) in [6, 6.07) is 2.97. The summed E-state index contributed by atoms with van der Waals surface area (Å²) in [6.07, 6.45) is -4.37. The Labute approximate surface area is 185 Å². The van der Waals surface area contributed by atoms with Crippen LogP contribution in [-0.2, 0) is 9.53 Å². The van der Waals surface area contributed by atoms with E-state index >= 15 is 0 Å². The summed E-state index contributed by atoms with van der Waals surface area (Å²) in [6.45, 7) is 1.97. The Morgan fingerprint density at radius 3 is 2.48 bits per heavy atom. The summed E-state index contributed by atoms with van der Waals surface area (Å²) in [5.74, 6) is -7.92. The Balaban J connectivity index is 2.07. The van der Waals surface area contributed by atoms with E-state index in [9.17, 15) is 31.5 Å². The lowest BCUT2D eigenvalue weighted by Crippen LogP contribution is -2.47. The van der Waals surface area contributed by atoms with Gasteiger partial charge in [-0.3, -0.25) is 14.6 Å². The molecule has 1 fully saturated rings. The van der Waals surface area contributed by atoms with E-state index in [-0.39, 0.29) is 16.8 Å². The van der Waals surface area contributed by atoms with Crippen LogP contribution in [0.1, 0.15) is 35.7 Å². The van der Waals surface area contributed by atoms with E-state index in [1.54, 1.807) is 0 Å². The first kappa shape index (κ1) is 24.4. The van der Waals surface area contributed by atoms with E-state index in [0.717, 1.165) is 38.6 Å². The average Bonchev–Trinajstić information content (AvgIpc) is 3.02. The fraction of sp³-hybridized carbons (Fsp3) is 0.381. The van der Waals surface area contributed by atoms with E-state index in [1.807, 2.05) is 0 Å². The number of methoxy groups -OCH3 is 1. The van der Waals surface area contributed by atoms with Gasteiger partial charge in [-0.25, -0.2) is 4.39 Å². The lowest BCUT2D eigenvalue weighted by Gasteiger charge is -2.32. The van der Waals surface area contributed by atoms with Crippen LogP contribution in [0.25, 0.3) is 0 Å². The predicted octanol–water partition coefficient (Wildman–Crippen LogP) is 3.55. The third-order valence-electron chi connectivity index (χ3n) is 5.86. The summed E-state index contributed by atoms with van der Waals surface area (Å²) in [4.78, 5) is 28.1. The van der Waals surface area contributed by atoms with E-state index in [4.69, 9.17) is 15.2 Å². The Kier molecular flexibility index (Phi) is 6.33. The van der Waals surface area contributed by atoms with Crippen LogP contribution in [0.4, 0.5) is 27.6 Å². The standard InChI is InChI=1S/C21H20F5N3O4/c1-9-14(12-4-5-13(22)15(23)16(12)32-3)17(33-20(9,2)21(24,25)26)19(31)29-11-6-10(18(27)30)7-28-8-11/h4-9,14,17H,1-3H3,(H2,27,30)(H,29,31)/t9-,14+,17+,20-/m0/s1. The number of primary amides is 1. The molecule has 1 aliphatic heterocycles. The smallest absolute Gasteiger partial charge is 0.417 e. The SMILES string of the molecule is COc1c([C@@H]2[C@H](C(=O)Nc3cncc(C(N)=O)c3)O[C@](C)(C(F)(F)F)[C@H]2C)ccc(F)c1F. The number of nitrogens with two attached hydrogens (primary N) is 1. The molecule has 33 heavy (non-hydrogen) atoms. The van der Waals surface area contributed by atoms with Crippen LogP contribution in [0.3, 0.4) is 0 Å². The second-order valence-electron chi connectivity index (χ2n) is 7.76. The Morgan fingerprint density at radius 2 is 1.91 bits per heavy atom. The molecule has 0 bridgehead atoms. The van der Waals surface area contributed by atoms with Crippen LogP contribution in [0, 0.1) is 17.6 Å². The summed E-state index contributed by atoms with van der Waals surface area (Å²) in [5, 5.41) is 2.34. The zero-order chi connectivity index (χ0) is 24.7. The van der Waals surface area contributed by atoms with Gasteiger partial charge in [0.05, 0.1) is 24.6 Å². The first-order valence-corrected chi connectivity index (χ1v) is 9.64. The Hall–Kier alpha value is -3.28. The number of rotatable bonds is 5. The molecule has 2 heterocycles. The number of amides is 2. The number of carbonyl (C=O) groups is 2. The molecule has 7 nitrogen and oxygen atoms in total. The first-order chi connectivity index (χ1) is 15.3. The molecule has 1 aliphatic rings. The van der Waals surface area contributed by atoms with Gasteiger partial charge in [-0.2, -0.15) is 17.6 Å².